The number of hydrogen-bond donors (Lipinski definition) is 1. The molecule has 0 spiro atoms. The van der Waals surface area contributed by atoms with Crippen molar-refractivity contribution in [2.24, 2.45) is 0 Å². The van der Waals surface area contributed by atoms with E-state index in [2.05, 4.69) is 24.7 Å². The molecule has 1 rings (SSSR count). The highest BCUT2D eigenvalue weighted by Gasteiger charge is 2.01. The Bertz CT molecular complexity index is 440. The van der Waals surface area contributed by atoms with Crippen LogP contribution in [0.1, 0.15) is 200 Å². The minimum absolute atomic E-state index is 0.366. The Balaban J connectivity index is 0.00000423. The predicted octanol–water partition coefficient (Wildman–Crippen LogP) is 12.3. The van der Waals surface area contributed by atoms with Gasteiger partial charge in [-0.05, 0) is 44.9 Å². The van der Waals surface area contributed by atoms with Crippen molar-refractivity contribution in [3.63, 3.8) is 0 Å². The third-order valence-corrected chi connectivity index (χ3v) is 7.95. The summed E-state index contributed by atoms with van der Waals surface area (Å²) in [5.41, 5.74) is 1.77. The summed E-state index contributed by atoms with van der Waals surface area (Å²) in [7, 11) is 0. The van der Waals surface area contributed by atoms with Crippen LogP contribution in [0.3, 0.4) is 0 Å². The second-order valence-electron chi connectivity index (χ2n) is 12.0. The number of epoxide rings is 1. The molecule has 0 aromatic carbocycles. The van der Waals surface area contributed by atoms with Gasteiger partial charge in [-0.3, -0.25) is 0 Å². The Morgan fingerprint density at radius 3 is 1.13 bits per heavy atom. The molecule has 1 fully saturated rings. The summed E-state index contributed by atoms with van der Waals surface area (Å²) in [5.74, 6) is 0. The van der Waals surface area contributed by atoms with Crippen molar-refractivity contribution in [3.8, 4) is 0 Å². The van der Waals surface area contributed by atoms with Gasteiger partial charge in [-0.1, -0.05) is 167 Å². The molecule has 0 aromatic rings. The summed E-state index contributed by atoms with van der Waals surface area (Å²) in [6.45, 7) is 6.97. The third-order valence-electron chi connectivity index (χ3n) is 7.95. The van der Waals surface area contributed by atoms with Crippen LogP contribution in [0.25, 0.3) is 0 Å². The quantitative estimate of drug-likeness (QED) is 0.0562. The number of hydrogen-bond acceptors (Lipinski definition) is 2. The van der Waals surface area contributed by atoms with Gasteiger partial charge in [0, 0.05) is 6.61 Å². The summed E-state index contributed by atoms with van der Waals surface area (Å²) in [6.07, 6.45) is 43.0. The van der Waals surface area contributed by atoms with Crippen LogP contribution in [-0.4, -0.2) is 24.9 Å². The zero-order valence-corrected chi connectivity index (χ0v) is 26.6. The molecule has 228 valence electrons. The van der Waals surface area contributed by atoms with E-state index in [1.807, 2.05) is 0 Å². The Kier molecular flexibility index (Phi) is 34.4. The topological polar surface area (TPSA) is 32.8 Å². The van der Waals surface area contributed by atoms with E-state index in [0.29, 0.717) is 6.61 Å². The van der Waals surface area contributed by atoms with Gasteiger partial charge in [0.15, 0.2) is 0 Å². The fourth-order valence-corrected chi connectivity index (χ4v) is 5.28. The van der Waals surface area contributed by atoms with Crippen LogP contribution >= 0.6 is 0 Å². The zero-order chi connectivity index (χ0) is 27.6. The van der Waals surface area contributed by atoms with Gasteiger partial charge in [0.1, 0.15) is 0 Å². The van der Waals surface area contributed by atoms with Gasteiger partial charge >= 0.3 is 0 Å². The van der Waals surface area contributed by atoms with Crippen molar-refractivity contribution in [3.05, 3.63) is 11.6 Å². The molecular formula is C36H72O2. The Labute approximate surface area is 241 Å². The van der Waals surface area contributed by atoms with Crippen LogP contribution in [0, 0.1) is 0 Å². The molecule has 1 aliphatic heterocycles. The van der Waals surface area contributed by atoms with E-state index in [0.717, 1.165) is 19.6 Å². The zero-order valence-electron chi connectivity index (χ0n) is 26.6. The highest BCUT2D eigenvalue weighted by Crippen LogP contribution is 2.20. The van der Waals surface area contributed by atoms with Crippen molar-refractivity contribution in [1.82, 2.24) is 0 Å². The molecule has 1 saturated heterocycles. The van der Waals surface area contributed by atoms with Gasteiger partial charge in [-0.2, -0.15) is 0 Å². The standard InChI is InChI=1S/C34H68O.C2H4O/c1-3-5-7-9-11-12-13-14-15-16-17-19-23-27-31-34(30-26-22-18-10-8-6-4-2)32-28-24-20-21-25-29-33-35;1-2-3-1/h30,35H,3-29,31-33H2,1-2H3;1-2H2/b34-30-;. The molecule has 0 atom stereocenters. The first-order valence-corrected chi connectivity index (χ1v) is 17.7. The molecule has 0 saturated carbocycles. The average molecular weight is 537 g/mol. The van der Waals surface area contributed by atoms with Crippen molar-refractivity contribution in [1.29, 1.82) is 0 Å². The number of aliphatic hydroxyl groups is 1. The molecule has 2 heteroatoms. The molecule has 0 aromatic heterocycles. The SMILES string of the molecule is C1CO1.CCCCCCCC/C=C(\CCCCCCCCO)CCCCCCCCCCCCCCCC. The maximum absolute atomic E-state index is 8.92. The third kappa shape index (κ3) is 35.7. The van der Waals surface area contributed by atoms with E-state index in [9.17, 15) is 0 Å². The molecule has 1 heterocycles. The normalized spacial score (nSPS) is 13.0. The molecule has 38 heavy (non-hydrogen) atoms. The maximum Gasteiger partial charge on any atom is 0.0701 e. The minimum Gasteiger partial charge on any atom is -0.396 e. The number of allylic oxidation sites excluding steroid dienone is 2. The molecule has 1 aliphatic rings. The van der Waals surface area contributed by atoms with Gasteiger partial charge in [0.05, 0.1) is 13.2 Å². The largest absolute Gasteiger partial charge is 0.396 e. The molecule has 0 amide bonds. The van der Waals surface area contributed by atoms with Crippen LogP contribution in [0.5, 0.6) is 0 Å². The second kappa shape index (κ2) is 34.7. The number of unbranched alkanes of at least 4 members (excludes halogenated alkanes) is 24. The highest BCUT2D eigenvalue weighted by molar-refractivity contribution is 5.02. The van der Waals surface area contributed by atoms with Gasteiger partial charge in [-0.15, -0.1) is 0 Å². The van der Waals surface area contributed by atoms with Crippen LogP contribution in [0.15, 0.2) is 11.6 Å². The number of ether oxygens (including phenoxy) is 1. The second-order valence-corrected chi connectivity index (χ2v) is 12.0. The van der Waals surface area contributed by atoms with Crippen LogP contribution in [0.4, 0.5) is 0 Å². The summed E-state index contributed by atoms with van der Waals surface area (Å²) in [6, 6.07) is 0. The maximum atomic E-state index is 8.92. The molecule has 2 nitrogen and oxygen atoms in total. The lowest BCUT2D eigenvalue weighted by Gasteiger charge is -2.09. The summed E-state index contributed by atoms with van der Waals surface area (Å²) < 4.78 is 4.50. The van der Waals surface area contributed by atoms with E-state index in [1.54, 1.807) is 5.57 Å². The molecule has 0 radical (unpaired) electrons. The first-order valence-electron chi connectivity index (χ1n) is 17.7. The fourth-order valence-electron chi connectivity index (χ4n) is 5.28. The Morgan fingerprint density at radius 1 is 0.474 bits per heavy atom. The van der Waals surface area contributed by atoms with Gasteiger partial charge in [0.25, 0.3) is 0 Å². The molecule has 0 bridgehead atoms. The molecule has 0 unspecified atom stereocenters. The fraction of sp³-hybridized carbons (Fsp3) is 0.944. The lowest BCUT2D eigenvalue weighted by molar-refractivity contribution is 0.282. The Morgan fingerprint density at radius 2 is 0.789 bits per heavy atom. The first kappa shape index (κ1) is 37.7. The number of rotatable bonds is 30. The summed E-state index contributed by atoms with van der Waals surface area (Å²) in [5, 5.41) is 8.92. The van der Waals surface area contributed by atoms with Crippen molar-refractivity contribution >= 4 is 0 Å². The van der Waals surface area contributed by atoms with Crippen molar-refractivity contribution < 1.29 is 9.84 Å². The number of aliphatic hydroxyl groups excluding tert-OH is 1. The van der Waals surface area contributed by atoms with Crippen molar-refractivity contribution in [2.75, 3.05) is 19.8 Å². The van der Waals surface area contributed by atoms with Crippen LogP contribution in [-0.2, 0) is 4.74 Å². The summed E-state index contributed by atoms with van der Waals surface area (Å²) in [4.78, 5) is 0. The predicted molar refractivity (Wildman–Crippen MR) is 171 cm³/mol. The lowest BCUT2D eigenvalue weighted by atomic mass is 9.97. The van der Waals surface area contributed by atoms with Gasteiger partial charge < -0.3 is 9.84 Å². The van der Waals surface area contributed by atoms with Crippen molar-refractivity contribution in [2.45, 2.75) is 200 Å². The average Bonchev–Trinajstić information content (AvgIpc) is 3.81. The highest BCUT2D eigenvalue weighted by atomic mass is 16.6. The van der Waals surface area contributed by atoms with E-state index in [1.165, 1.54) is 180 Å². The van der Waals surface area contributed by atoms with Gasteiger partial charge in [-0.25, -0.2) is 0 Å². The monoisotopic (exact) mass is 537 g/mol. The first-order chi connectivity index (χ1) is 18.8. The smallest absolute Gasteiger partial charge is 0.0701 e. The van der Waals surface area contributed by atoms with E-state index >= 15 is 0 Å². The molecular weight excluding hydrogens is 464 g/mol. The minimum atomic E-state index is 0.366. The molecule has 1 N–H and O–H groups in total. The summed E-state index contributed by atoms with van der Waals surface area (Å²) >= 11 is 0. The van der Waals surface area contributed by atoms with E-state index in [-0.39, 0.29) is 0 Å². The Hall–Kier alpha value is -0.340. The van der Waals surface area contributed by atoms with E-state index in [4.69, 9.17) is 5.11 Å². The lowest BCUT2D eigenvalue weighted by Crippen LogP contribution is -1.89. The van der Waals surface area contributed by atoms with Crippen LogP contribution in [0.2, 0.25) is 0 Å². The van der Waals surface area contributed by atoms with Crippen LogP contribution < -0.4 is 0 Å². The van der Waals surface area contributed by atoms with E-state index < -0.39 is 0 Å². The molecule has 0 aliphatic carbocycles. The van der Waals surface area contributed by atoms with Gasteiger partial charge in [0.2, 0.25) is 0 Å².